The highest BCUT2D eigenvalue weighted by Gasteiger charge is 2.04. The maximum absolute atomic E-state index is 12.1. The van der Waals surface area contributed by atoms with Crippen molar-refractivity contribution in [2.24, 2.45) is 0 Å². The number of hydrogen-bond donors (Lipinski definition) is 2. The summed E-state index contributed by atoms with van der Waals surface area (Å²) in [6.07, 6.45) is 6.06. The first-order chi connectivity index (χ1) is 12.7. The molecular formula is C21H27BrN2O2. The molecule has 0 heterocycles. The molecular weight excluding hydrogens is 392 g/mol. The van der Waals surface area contributed by atoms with E-state index >= 15 is 0 Å². The van der Waals surface area contributed by atoms with Gasteiger partial charge in [-0.25, -0.2) is 0 Å². The zero-order valence-electron chi connectivity index (χ0n) is 15.3. The van der Waals surface area contributed by atoms with E-state index in [9.17, 15) is 4.79 Å². The number of carbonyl (C=O) groups excluding carboxylic acids is 1. The maximum Gasteiger partial charge on any atom is 0.243 e. The molecule has 140 valence electrons. The first-order valence-corrected chi connectivity index (χ1v) is 9.99. The van der Waals surface area contributed by atoms with Gasteiger partial charge in [-0.3, -0.25) is 4.79 Å². The van der Waals surface area contributed by atoms with Gasteiger partial charge in [0.2, 0.25) is 5.91 Å². The lowest BCUT2D eigenvalue weighted by molar-refractivity contribution is -0.114. The van der Waals surface area contributed by atoms with Gasteiger partial charge in [-0.2, -0.15) is 0 Å². The van der Waals surface area contributed by atoms with Crippen molar-refractivity contribution in [2.75, 3.05) is 23.8 Å². The summed E-state index contributed by atoms with van der Waals surface area (Å²) in [6, 6.07) is 15.3. The predicted molar refractivity (Wildman–Crippen MR) is 112 cm³/mol. The monoisotopic (exact) mass is 418 g/mol. The summed E-state index contributed by atoms with van der Waals surface area (Å²) in [5.41, 5.74) is 1.64. The van der Waals surface area contributed by atoms with E-state index in [2.05, 4.69) is 33.5 Å². The summed E-state index contributed by atoms with van der Waals surface area (Å²) < 4.78 is 6.75. The van der Waals surface area contributed by atoms with Gasteiger partial charge in [-0.05, 0) is 36.8 Å². The molecule has 0 radical (unpaired) electrons. The number of hydrogen-bond acceptors (Lipinski definition) is 3. The summed E-state index contributed by atoms with van der Waals surface area (Å²) >= 11 is 3.41. The highest BCUT2D eigenvalue weighted by Crippen LogP contribution is 2.18. The molecule has 5 heteroatoms. The Morgan fingerprint density at radius 3 is 2.58 bits per heavy atom. The molecule has 0 fully saturated rings. The second kappa shape index (κ2) is 11.6. The van der Waals surface area contributed by atoms with Gasteiger partial charge in [0.25, 0.3) is 0 Å². The number of unbranched alkanes of at least 4 members (excludes halogenated alkanes) is 4. The Morgan fingerprint density at radius 1 is 1.00 bits per heavy atom. The van der Waals surface area contributed by atoms with E-state index in [-0.39, 0.29) is 12.5 Å². The average Bonchev–Trinajstić information content (AvgIpc) is 2.63. The van der Waals surface area contributed by atoms with E-state index in [1.54, 1.807) is 0 Å². The standard InChI is InChI=1S/C21H27BrN2O2/c1-2-3-4-5-6-13-26-20-12-8-11-19(15-20)24-21(25)16-23-18-10-7-9-17(22)14-18/h7-12,14-15,23H,2-6,13,16H2,1H3,(H,24,25). The Labute approximate surface area is 164 Å². The molecule has 0 unspecified atom stereocenters. The van der Waals surface area contributed by atoms with Crippen LogP contribution in [-0.4, -0.2) is 19.1 Å². The van der Waals surface area contributed by atoms with Gasteiger partial charge in [0.1, 0.15) is 5.75 Å². The third-order valence-corrected chi connectivity index (χ3v) is 4.41. The molecule has 2 rings (SSSR count). The maximum atomic E-state index is 12.1. The lowest BCUT2D eigenvalue weighted by atomic mass is 10.2. The van der Waals surface area contributed by atoms with Crippen LogP contribution in [0.3, 0.4) is 0 Å². The second-order valence-corrected chi connectivity index (χ2v) is 7.12. The second-order valence-electron chi connectivity index (χ2n) is 6.20. The fraction of sp³-hybridized carbons (Fsp3) is 0.381. The molecule has 0 saturated carbocycles. The molecule has 0 aliphatic heterocycles. The Balaban J connectivity index is 1.73. The first kappa shape index (κ1) is 20.3. The number of rotatable bonds is 11. The normalized spacial score (nSPS) is 10.4. The highest BCUT2D eigenvalue weighted by atomic mass is 79.9. The van der Waals surface area contributed by atoms with Crippen LogP contribution in [0.4, 0.5) is 11.4 Å². The third kappa shape index (κ3) is 7.91. The van der Waals surface area contributed by atoms with Crippen molar-refractivity contribution >= 4 is 33.2 Å². The van der Waals surface area contributed by atoms with Crippen LogP contribution in [0, 0.1) is 0 Å². The van der Waals surface area contributed by atoms with E-state index in [4.69, 9.17) is 4.74 Å². The van der Waals surface area contributed by atoms with Crippen molar-refractivity contribution in [2.45, 2.75) is 39.0 Å². The lowest BCUT2D eigenvalue weighted by Gasteiger charge is -2.10. The first-order valence-electron chi connectivity index (χ1n) is 9.19. The molecule has 26 heavy (non-hydrogen) atoms. The number of carbonyl (C=O) groups is 1. The molecule has 0 aromatic heterocycles. The van der Waals surface area contributed by atoms with E-state index in [1.807, 2.05) is 48.5 Å². The predicted octanol–water partition coefficient (Wildman–Crippen LogP) is 5.85. The molecule has 1 amide bonds. The minimum atomic E-state index is -0.0957. The van der Waals surface area contributed by atoms with Crippen LogP contribution >= 0.6 is 15.9 Å². The van der Waals surface area contributed by atoms with Crippen molar-refractivity contribution in [1.82, 2.24) is 0 Å². The molecule has 0 aliphatic rings. The smallest absolute Gasteiger partial charge is 0.243 e. The molecule has 0 spiro atoms. The molecule has 0 aliphatic carbocycles. The number of benzene rings is 2. The minimum Gasteiger partial charge on any atom is -0.494 e. The van der Waals surface area contributed by atoms with E-state index in [1.165, 1.54) is 25.7 Å². The summed E-state index contributed by atoms with van der Waals surface area (Å²) in [7, 11) is 0. The fourth-order valence-electron chi connectivity index (χ4n) is 2.55. The van der Waals surface area contributed by atoms with E-state index in [0.717, 1.165) is 28.0 Å². The number of anilines is 2. The van der Waals surface area contributed by atoms with Gasteiger partial charge in [0.15, 0.2) is 0 Å². The molecule has 2 aromatic carbocycles. The van der Waals surface area contributed by atoms with Crippen LogP contribution in [0.15, 0.2) is 53.0 Å². The number of amides is 1. The SMILES string of the molecule is CCCCCCCOc1cccc(NC(=O)CNc2cccc(Br)c2)c1. The summed E-state index contributed by atoms with van der Waals surface area (Å²) in [6.45, 7) is 3.13. The topological polar surface area (TPSA) is 50.4 Å². The third-order valence-electron chi connectivity index (χ3n) is 3.91. The highest BCUT2D eigenvalue weighted by molar-refractivity contribution is 9.10. The van der Waals surface area contributed by atoms with Gasteiger partial charge >= 0.3 is 0 Å². The van der Waals surface area contributed by atoms with Gasteiger partial charge in [-0.15, -0.1) is 0 Å². The van der Waals surface area contributed by atoms with E-state index < -0.39 is 0 Å². The Hall–Kier alpha value is -2.01. The van der Waals surface area contributed by atoms with E-state index in [0.29, 0.717) is 6.61 Å². The molecule has 2 aromatic rings. The molecule has 0 saturated heterocycles. The van der Waals surface area contributed by atoms with Gasteiger partial charge in [0, 0.05) is 21.9 Å². The Bertz CT molecular complexity index is 691. The summed E-state index contributed by atoms with van der Waals surface area (Å²) in [4.78, 5) is 12.1. The minimum absolute atomic E-state index is 0.0957. The van der Waals surface area contributed by atoms with Crippen LogP contribution < -0.4 is 15.4 Å². The fourth-order valence-corrected chi connectivity index (χ4v) is 2.94. The average molecular weight is 419 g/mol. The lowest BCUT2D eigenvalue weighted by Crippen LogP contribution is -2.21. The van der Waals surface area contributed by atoms with Crippen molar-refractivity contribution in [1.29, 1.82) is 0 Å². The van der Waals surface area contributed by atoms with Crippen molar-refractivity contribution in [3.05, 3.63) is 53.0 Å². The van der Waals surface area contributed by atoms with Crippen LogP contribution in [0.1, 0.15) is 39.0 Å². The zero-order valence-corrected chi connectivity index (χ0v) is 16.8. The molecule has 0 bridgehead atoms. The van der Waals surface area contributed by atoms with Crippen molar-refractivity contribution in [3.63, 3.8) is 0 Å². The Morgan fingerprint density at radius 2 is 1.77 bits per heavy atom. The zero-order chi connectivity index (χ0) is 18.6. The van der Waals surface area contributed by atoms with Gasteiger partial charge < -0.3 is 15.4 Å². The quantitative estimate of drug-likeness (QED) is 0.450. The summed E-state index contributed by atoms with van der Waals surface area (Å²) in [5, 5.41) is 6.00. The largest absolute Gasteiger partial charge is 0.494 e. The van der Waals surface area contributed by atoms with Crippen LogP contribution in [0.2, 0.25) is 0 Å². The molecule has 4 nitrogen and oxygen atoms in total. The van der Waals surface area contributed by atoms with Crippen LogP contribution in [0.25, 0.3) is 0 Å². The van der Waals surface area contributed by atoms with Crippen molar-refractivity contribution < 1.29 is 9.53 Å². The Kier molecular flexibility index (Phi) is 9.04. The summed E-state index contributed by atoms with van der Waals surface area (Å²) in [5.74, 6) is 0.694. The number of ether oxygens (including phenoxy) is 1. The van der Waals surface area contributed by atoms with Crippen molar-refractivity contribution in [3.8, 4) is 5.75 Å². The van der Waals surface area contributed by atoms with Gasteiger partial charge in [0.05, 0.1) is 13.2 Å². The van der Waals surface area contributed by atoms with Gasteiger partial charge in [-0.1, -0.05) is 60.7 Å². The van der Waals surface area contributed by atoms with Crippen LogP contribution in [0.5, 0.6) is 5.75 Å². The number of halogens is 1. The van der Waals surface area contributed by atoms with Crippen LogP contribution in [-0.2, 0) is 4.79 Å². The molecule has 2 N–H and O–H groups in total. The number of nitrogens with one attached hydrogen (secondary N) is 2. The molecule has 0 atom stereocenters.